The number of carbonyl (C=O) groups is 1. The van der Waals surface area contributed by atoms with Crippen molar-refractivity contribution < 1.29 is 19.7 Å². The zero-order valence-electron chi connectivity index (χ0n) is 14.3. The van der Waals surface area contributed by atoms with Crippen LogP contribution in [0.25, 0.3) is 6.08 Å². The summed E-state index contributed by atoms with van der Waals surface area (Å²) in [5, 5.41) is 20.8. The maximum atomic E-state index is 12.1. The smallest absolute Gasteiger partial charge is 0.344 e. The van der Waals surface area contributed by atoms with Gasteiger partial charge in [0.15, 0.2) is 0 Å². The van der Waals surface area contributed by atoms with Crippen molar-refractivity contribution >= 4 is 34.5 Å². The first kappa shape index (κ1) is 17.8. The summed E-state index contributed by atoms with van der Waals surface area (Å²) in [6, 6.07) is 14.3. The highest BCUT2D eigenvalue weighted by atomic mass is 32.2. The maximum Gasteiger partial charge on any atom is 0.344 e. The summed E-state index contributed by atoms with van der Waals surface area (Å²) in [5.41, 5.74) is 2.25. The third kappa shape index (κ3) is 3.65. The summed E-state index contributed by atoms with van der Waals surface area (Å²) < 4.78 is 4.79. The average Bonchev–Trinajstić information content (AvgIpc) is 2.91. The molecule has 132 valence electrons. The minimum Gasteiger partial charge on any atom is -0.507 e. The highest BCUT2D eigenvalue weighted by Gasteiger charge is 2.33. The Hall–Kier alpha value is -2.99. The van der Waals surface area contributed by atoms with Crippen molar-refractivity contribution in [1.29, 1.82) is 0 Å². The lowest BCUT2D eigenvalue weighted by atomic mass is 10.1. The monoisotopic (exact) mass is 367 g/mol. The van der Waals surface area contributed by atoms with Crippen LogP contribution in [0.4, 0.5) is 5.69 Å². The number of benzene rings is 2. The Morgan fingerprint density at radius 1 is 1.15 bits per heavy atom. The van der Waals surface area contributed by atoms with Crippen molar-refractivity contribution in [3.05, 3.63) is 75.9 Å². The summed E-state index contributed by atoms with van der Waals surface area (Å²) in [6.07, 6.45) is 1.61. The van der Waals surface area contributed by atoms with Gasteiger partial charge in [-0.2, -0.15) is 0 Å². The zero-order valence-corrected chi connectivity index (χ0v) is 15.1. The molecule has 0 aliphatic carbocycles. The van der Waals surface area contributed by atoms with Gasteiger partial charge in [0, 0.05) is 5.56 Å². The first-order chi connectivity index (χ1) is 12.5. The molecule has 5 nitrogen and oxygen atoms in total. The van der Waals surface area contributed by atoms with Gasteiger partial charge in [0.05, 0.1) is 17.7 Å². The van der Waals surface area contributed by atoms with E-state index in [2.05, 4.69) is 4.99 Å². The first-order valence-electron chi connectivity index (χ1n) is 7.85. The Labute approximate surface area is 155 Å². The van der Waals surface area contributed by atoms with Crippen molar-refractivity contribution in [2.75, 3.05) is 7.11 Å². The van der Waals surface area contributed by atoms with Crippen LogP contribution in [-0.4, -0.2) is 28.3 Å². The van der Waals surface area contributed by atoms with Crippen molar-refractivity contribution in [1.82, 2.24) is 0 Å². The Balaban J connectivity index is 2.07. The summed E-state index contributed by atoms with van der Waals surface area (Å²) >= 11 is 1.15. The molecular weight excluding hydrogens is 350 g/mol. The van der Waals surface area contributed by atoms with Crippen LogP contribution in [0.3, 0.4) is 0 Å². The van der Waals surface area contributed by atoms with Gasteiger partial charge in [0.2, 0.25) is 0 Å². The number of esters is 1. The second-order valence-corrected chi connectivity index (χ2v) is 6.67. The topological polar surface area (TPSA) is 79.1 Å². The molecular formula is C20H17NO4S. The van der Waals surface area contributed by atoms with E-state index in [1.807, 2.05) is 31.2 Å². The van der Waals surface area contributed by atoms with E-state index in [1.54, 1.807) is 30.3 Å². The fraction of sp³-hybridized carbons (Fsp3) is 0.100. The summed E-state index contributed by atoms with van der Waals surface area (Å²) in [6.45, 7) is 1.95. The van der Waals surface area contributed by atoms with Crippen molar-refractivity contribution in [3.8, 4) is 5.75 Å². The number of aromatic hydroxyl groups is 1. The van der Waals surface area contributed by atoms with Crippen LogP contribution in [0, 0.1) is 6.92 Å². The Bertz CT molecular complexity index is 960. The van der Waals surface area contributed by atoms with Crippen LogP contribution in [0.2, 0.25) is 0 Å². The molecule has 0 saturated heterocycles. The summed E-state index contributed by atoms with van der Waals surface area (Å²) in [5.74, 6) is -0.796. The van der Waals surface area contributed by atoms with E-state index in [9.17, 15) is 15.0 Å². The number of aliphatic hydroxyl groups excluding tert-OH is 1. The SMILES string of the molecule is COC(=O)C1=C(O)/C(=C\c2ccccc2O)SC1=Nc1cccc(C)c1. The molecule has 2 N–H and O–H groups in total. The second kappa shape index (κ2) is 7.49. The van der Waals surface area contributed by atoms with Crippen molar-refractivity contribution in [2.24, 2.45) is 4.99 Å². The lowest BCUT2D eigenvalue weighted by Gasteiger charge is -2.02. The van der Waals surface area contributed by atoms with Crippen LogP contribution in [0.15, 0.2) is 69.8 Å². The van der Waals surface area contributed by atoms with Crippen LogP contribution < -0.4 is 0 Å². The van der Waals surface area contributed by atoms with E-state index < -0.39 is 5.97 Å². The molecule has 0 atom stereocenters. The van der Waals surface area contributed by atoms with Gasteiger partial charge in [-0.3, -0.25) is 0 Å². The molecule has 0 spiro atoms. The number of rotatable bonds is 3. The largest absolute Gasteiger partial charge is 0.507 e. The number of aryl methyl sites for hydroxylation is 1. The molecule has 26 heavy (non-hydrogen) atoms. The predicted molar refractivity (Wildman–Crippen MR) is 104 cm³/mol. The van der Waals surface area contributed by atoms with E-state index in [1.165, 1.54) is 7.11 Å². The lowest BCUT2D eigenvalue weighted by molar-refractivity contribution is -0.135. The number of para-hydroxylation sites is 1. The number of aliphatic imine (C=N–C) groups is 1. The minimum atomic E-state index is -0.665. The van der Waals surface area contributed by atoms with Crippen LogP contribution in [0.5, 0.6) is 5.75 Å². The maximum absolute atomic E-state index is 12.1. The minimum absolute atomic E-state index is 0.0145. The van der Waals surface area contributed by atoms with Gasteiger partial charge in [-0.05, 0) is 36.8 Å². The molecule has 6 heteroatoms. The zero-order chi connectivity index (χ0) is 18.7. The standard InChI is InChI=1S/C20H17NO4S/c1-12-6-5-8-14(10-12)21-19-17(20(24)25-2)18(23)16(26-19)11-13-7-3-4-9-15(13)22/h3-11,22-23H,1-2H3/b16-11+,21-19?. The second-order valence-electron chi connectivity index (χ2n) is 5.64. The van der Waals surface area contributed by atoms with E-state index in [-0.39, 0.29) is 17.1 Å². The van der Waals surface area contributed by atoms with Crippen LogP contribution in [-0.2, 0) is 9.53 Å². The normalized spacial score (nSPS) is 17.2. The number of carbonyl (C=O) groups excluding carboxylic acids is 1. The van der Waals surface area contributed by atoms with Gasteiger partial charge in [0.1, 0.15) is 22.1 Å². The van der Waals surface area contributed by atoms with Gasteiger partial charge in [0.25, 0.3) is 0 Å². The van der Waals surface area contributed by atoms with Crippen LogP contribution >= 0.6 is 11.8 Å². The molecule has 0 bridgehead atoms. The van der Waals surface area contributed by atoms with Crippen molar-refractivity contribution in [2.45, 2.75) is 6.92 Å². The fourth-order valence-corrected chi connectivity index (χ4v) is 3.48. The Morgan fingerprint density at radius 2 is 1.92 bits per heavy atom. The molecule has 2 aromatic carbocycles. The van der Waals surface area contributed by atoms with Gasteiger partial charge in [-0.15, -0.1) is 0 Å². The molecule has 1 heterocycles. The number of aliphatic hydroxyl groups is 1. The predicted octanol–water partition coefficient (Wildman–Crippen LogP) is 4.50. The number of hydrogen-bond acceptors (Lipinski definition) is 6. The highest BCUT2D eigenvalue weighted by molar-refractivity contribution is 8.18. The molecule has 0 fully saturated rings. The van der Waals surface area contributed by atoms with Gasteiger partial charge in [-0.1, -0.05) is 42.1 Å². The third-order valence-corrected chi connectivity index (χ3v) is 4.76. The molecule has 0 aromatic heterocycles. The number of methoxy groups -OCH3 is 1. The fourth-order valence-electron chi connectivity index (χ4n) is 2.46. The highest BCUT2D eigenvalue weighted by Crippen LogP contribution is 2.40. The number of hydrogen-bond donors (Lipinski definition) is 2. The van der Waals surface area contributed by atoms with Gasteiger partial charge >= 0.3 is 5.97 Å². The quantitative estimate of drug-likeness (QED) is 0.781. The van der Waals surface area contributed by atoms with Gasteiger partial charge < -0.3 is 14.9 Å². The number of phenols is 1. The van der Waals surface area contributed by atoms with E-state index >= 15 is 0 Å². The molecule has 0 amide bonds. The number of ether oxygens (including phenoxy) is 1. The number of phenolic OH excluding ortho intramolecular Hbond substituents is 1. The van der Waals surface area contributed by atoms with Crippen molar-refractivity contribution in [3.63, 3.8) is 0 Å². The molecule has 1 aliphatic rings. The molecule has 1 aliphatic heterocycles. The Kier molecular flexibility index (Phi) is 5.14. The molecule has 3 rings (SSSR count). The van der Waals surface area contributed by atoms with E-state index in [4.69, 9.17) is 4.74 Å². The molecule has 0 unspecified atom stereocenters. The average molecular weight is 367 g/mol. The number of nitrogens with zero attached hydrogens (tertiary/aromatic N) is 1. The van der Waals surface area contributed by atoms with Crippen LogP contribution in [0.1, 0.15) is 11.1 Å². The third-order valence-electron chi connectivity index (χ3n) is 3.74. The molecule has 0 radical (unpaired) electrons. The Morgan fingerprint density at radius 3 is 2.62 bits per heavy atom. The van der Waals surface area contributed by atoms with E-state index in [0.29, 0.717) is 21.2 Å². The van der Waals surface area contributed by atoms with Gasteiger partial charge in [-0.25, -0.2) is 9.79 Å². The first-order valence-corrected chi connectivity index (χ1v) is 8.66. The summed E-state index contributed by atoms with van der Waals surface area (Å²) in [7, 11) is 1.25. The molecule has 0 saturated carbocycles. The van der Waals surface area contributed by atoms with E-state index in [0.717, 1.165) is 17.3 Å². The number of thioether (sulfide) groups is 1. The molecule has 2 aromatic rings. The summed E-state index contributed by atoms with van der Waals surface area (Å²) in [4.78, 5) is 17.1. The lowest BCUT2D eigenvalue weighted by Crippen LogP contribution is -2.10.